The van der Waals surface area contributed by atoms with Gasteiger partial charge in [0.15, 0.2) is 0 Å². The maximum atomic E-state index is 12.3. The second-order valence-electron chi connectivity index (χ2n) is 5.35. The van der Waals surface area contributed by atoms with E-state index in [0.717, 1.165) is 27.7 Å². The van der Waals surface area contributed by atoms with Crippen LogP contribution in [0, 0.1) is 6.92 Å². The Kier molecular flexibility index (Phi) is 3.50. The third-order valence-electron chi connectivity index (χ3n) is 3.78. The molecule has 0 aliphatic rings. The Morgan fingerprint density at radius 1 is 1.18 bits per heavy atom. The third-order valence-corrected chi connectivity index (χ3v) is 5.59. The molecule has 0 bridgehead atoms. The van der Waals surface area contributed by atoms with Gasteiger partial charge in [-0.15, -0.1) is 0 Å². The van der Waals surface area contributed by atoms with Gasteiger partial charge in [0.1, 0.15) is 5.65 Å². The zero-order valence-electron chi connectivity index (χ0n) is 12.7. The average Bonchev–Trinajstić information content (AvgIpc) is 2.97. The van der Waals surface area contributed by atoms with Crippen LogP contribution >= 0.6 is 0 Å². The van der Waals surface area contributed by atoms with Crippen molar-refractivity contribution < 1.29 is 8.42 Å². The largest absolute Gasteiger partial charge is 0.346 e. The first-order chi connectivity index (χ1) is 10.4. The molecular weight excluding hydrogens is 298 g/mol. The number of fused-ring (bicyclic) bond motifs is 1. The number of hydrogen-bond acceptors (Lipinski definition) is 3. The first kappa shape index (κ1) is 14.7. The van der Waals surface area contributed by atoms with E-state index in [2.05, 4.69) is 9.97 Å². The Morgan fingerprint density at radius 3 is 2.68 bits per heavy atom. The lowest BCUT2D eigenvalue weighted by atomic mass is 10.0. The SMILES string of the molecule is Cc1c(-c2cccc(S(=O)(=O)N(C)C)c2)cnc2[nH]ccc12. The van der Waals surface area contributed by atoms with Gasteiger partial charge in [0, 0.05) is 37.4 Å². The molecule has 2 heterocycles. The number of nitrogens with one attached hydrogen (secondary N) is 1. The highest BCUT2D eigenvalue weighted by atomic mass is 32.2. The van der Waals surface area contributed by atoms with E-state index in [1.807, 2.05) is 25.3 Å². The van der Waals surface area contributed by atoms with Crippen molar-refractivity contribution in [3.63, 3.8) is 0 Å². The van der Waals surface area contributed by atoms with Gasteiger partial charge in [-0.3, -0.25) is 0 Å². The predicted molar refractivity (Wildman–Crippen MR) is 87.1 cm³/mol. The van der Waals surface area contributed by atoms with E-state index in [-0.39, 0.29) is 4.90 Å². The highest BCUT2D eigenvalue weighted by Crippen LogP contribution is 2.29. The summed E-state index contributed by atoms with van der Waals surface area (Å²) in [4.78, 5) is 7.75. The van der Waals surface area contributed by atoms with Gasteiger partial charge in [-0.25, -0.2) is 17.7 Å². The molecule has 0 atom stereocenters. The van der Waals surface area contributed by atoms with E-state index < -0.39 is 10.0 Å². The van der Waals surface area contributed by atoms with E-state index >= 15 is 0 Å². The molecule has 2 aromatic heterocycles. The van der Waals surface area contributed by atoms with Gasteiger partial charge in [-0.2, -0.15) is 0 Å². The fourth-order valence-electron chi connectivity index (χ4n) is 2.47. The summed E-state index contributed by atoms with van der Waals surface area (Å²) in [6.45, 7) is 2.01. The number of sulfonamides is 1. The van der Waals surface area contributed by atoms with Crippen LogP contribution in [0.5, 0.6) is 0 Å². The van der Waals surface area contributed by atoms with Gasteiger partial charge in [0.2, 0.25) is 10.0 Å². The Balaban J connectivity index is 2.18. The monoisotopic (exact) mass is 315 g/mol. The van der Waals surface area contributed by atoms with Crippen LogP contribution in [0.15, 0.2) is 47.6 Å². The second-order valence-corrected chi connectivity index (χ2v) is 7.50. The van der Waals surface area contributed by atoms with Crippen LogP contribution in [0.25, 0.3) is 22.2 Å². The number of aromatic nitrogens is 2. The summed E-state index contributed by atoms with van der Waals surface area (Å²) in [6, 6.07) is 8.93. The second kappa shape index (κ2) is 5.23. The molecule has 0 saturated carbocycles. The molecule has 6 heteroatoms. The normalized spacial score (nSPS) is 12.2. The molecule has 0 saturated heterocycles. The lowest BCUT2D eigenvalue weighted by molar-refractivity contribution is 0.521. The predicted octanol–water partition coefficient (Wildman–Crippen LogP) is 2.79. The van der Waals surface area contributed by atoms with Crippen LogP contribution in [-0.2, 0) is 10.0 Å². The lowest BCUT2D eigenvalue weighted by Crippen LogP contribution is -2.22. The number of H-pyrrole nitrogens is 1. The maximum absolute atomic E-state index is 12.3. The van der Waals surface area contributed by atoms with Crippen molar-refractivity contribution in [1.82, 2.24) is 14.3 Å². The Morgan fingerprint density at radius 2 is 1.95 bits per heavy atom. The quantitative estimate of drug-likeness (QED) is 0.808. The van der Waals surface area contributed by atoms with E-state index in [1.54, 1.807) is 24.4 Å². The molecule has 22 heavy (non-hydrogen) atoms. The van der Waals surface area contributed by atoms with E-state index in [9.17, 15) is 8.42 Å². The number of pyridine rings is 1. The van der Waals surface area contributed by atoms with Crippen LogP contribution in [0.2, 0.25) is 0 Å². The van der Waals surface area contributed by atoms with E-state index in [0.29, 0.717) is 0 Å². The molecule has 0 radical (unpaired) electrons. The molecule has 0 spiro atoms. The van der Waals surface area contributed by atoms with Crippen LogP contribution < -0.4 is 0 Å². The van der Waals surface area contributed by atoms with Gasteiger partial charge in [-0.05, 0) is 36.2 Å². The molecule has 3 rings (SSSR count). The summed E-state index contributed by atoms with van der Waals surface area (Å²) in [5.74, 6) is 0. The Hall–Kier alpha value is -2.18. The number of benzene rings is 1. The maximum Gasteiger partial charge on any atom is 0.242 e. The molecular formula is C16H17N3O2S. The van der Waals surface area contributed by atoms with Gasteiger partial charge in [0.25, 0.3) is 0 Å². The molecule has 0 amide bonds. The van der Waals surface area contributed by atoms with Gasteiger partial charge in [0.05, 0.1) is 4.90 Å². The fourth-order valence-corrected chi connectivity index (χ4v) is 3.42. The van der Waals surface area contributed by atoms with Crippen molar-refractivity contribution >= 4 is 21.1 Å². The summed E-state index contributed by atoms with van der Waals surface area (Å²) >= 11 is 0. The van der Waals surface area contributed by atoms with Crippen molar-refractivity contribution in [2.45, 2.75) is 11.8 Å². The number of nitrogens with zero attached hydrogens (tertiary/aromatic N) is 2. The summed E-state index contributed by atoms with van der Waals surface area (Å²) in [6.07, 6.45) is 3.62. The van der Waals surface area contributed by atoms with Crippen molar-refractivity contribution in [1.29, 1.82) is 0 Å². The van der Waals surface area contributed by atoms with Crippen LogP contribution in [0.4, 0.5) is 0 Å². The molecule has 1 N–H and O–H groups in total. The Labute approximate surface area is 129 Å². The van der Waals surface area contributed by atoms with E-state index in [4.69, 9.17) is 0 Å². The number of hydrogen-bond donors (Lipinski definition) is 1. The molecule has 3 aromatic rings. The summed E-state index contributed by atoms with van der Waals surface area (Å²) in [7, 11) is -0.388. The fraction of sp³-hybridized carbons (Fsp3) is 0.188. The first-order valence-electron chi connectivity index (χ1n) is 6.87. The van der Waals surface area contributed by atoms with Crippen LogP contribution in [0.3, 0.4) is 0 Å². The highest BCUT2D eigenvalue weighted by Gasteiger charge is 2.18. The molecule has 5 nitrogen and oxygen atoms in total. The van der Waals surface area contributed by atoms with Gasteiger partial charge in [-0.1, -0.05) is 12.1 Å². The zero-order valence-corrected chi connectivity index (χ0v) is 13.5. The van der Waals surface area contributed by atoms with Crippen molar-refractivity contribution in [3.05, 3.63) is 48.3 Å². The van der Waals surface area contributed by atoms with Crippen LogP contribution in [-0.4, -0.2) is 36.8 Å². The summed E-state index contributed by atoms with van der Waals surface area (Å²) in [5.41, 5.74) is 3.68. The minimum atomic E-state index is -3.45. The van der Waals surface area contributed by atoms with Gasteiger partial charge >= 0.3 is 0 Å². The first-order valence-corrected chi connectivity index (χ1v) is 8.31. The molecule has 114 valence electrons. The van der Waals surface area contributed by atoms with Crippen molar-refractivity contribution in [2.75, 3.05) is 14.1 Å². The van der Waals surface area contributed by atoms with Crippen LogP contribution in [0.1, 0.15) is 5.56 Å². The van der Waals surface area contributed by atoms with Gasteiger partial charge < -0.3 is 4.98 Å². The third kappa shape index (κ3) is 2.30. The topological polar surface area (TPSA) is 66.1 Å². The highest BCUT2D eigenvalue weighted by molar-refractivity contribution is 7.89. The molecule has 0 aliphatic heterocycles. The molecule has 0 unspecified atom stereocenters. The summed E-state index contributed by atoms with van der Waals surface area (Å²) in [5, 5.41) is 1.04. The summed E-state index contributed by atoms with van der Waals surface area (Å²) < 4.78 is 25.8. The Bertz CT molecular complexity index is 943. The molecule has 0 fully saturated rings. The lowest BCUT2D eigenvalue weighted by Gasteiger charge is -2.13. The van der Waals surface area contributed by atoms with Crippen molar-refractivity contribution in [2.24, 2.45) is 0 Å². The minimum absolute atomic E-state index is 0.281. The standard InChI is InChI=1S/C16H17N3O2S/c1-11-14-7-8-17-16(14)18-10-15(11)12-5-4-6-13(9-12)22(20,21)19(2)3/h4-10H,1-3H3,(H,17,18). The molecule has 0 aliphatic carbocycles. The number of aromatic amines is 1. The average molecular weight is 315 g/mol. The van der Waals surface area contributed by atoms with Crippen molar-refractivity contribution in [3.8, 4) is 11.1 Å². The zero-order chi connectivity index (χ0) is 15.9. The van der Waals surface area contributed by atoms with E-state index in [1.165, 1.54) is 18.4 Å². The molecule has 1 aromatic carbocycles. The smallest absolute Gasteiger partial charge is 0.242 e. The number of rotatable bonds is 3. The minimum Gasteiger partial charge on any atom is -0.346 e. The number of aryl methyl sites for hydroxylation is 1.